The summed E-state index contributed by atoms with van der Waals surface area (Å²) in [7, 11) is 3.60. The van der Waals surface area contributed by atoms with E-state index >= 15 is 0 Å². The Morgan fingerprint density at radius 2 is 2.18 bits per heavy atom. The van der Waals surface area contributed by atoms with Crippen molar-refractivity contribution in [1.82, 2.24) is 35.6 Å². The number of aromatic nitrogens is 5. The van der Waals surface area contributed by atoms with Crippen molar-refractivity contribution >= 4 is 17.9 Å². The summed E-state index contributed by atoms with van der Waals surface area (Å²) in [5.74, 6) is -0.803. The third-order valence-corrected chi connectivity index (χ3v) is 3.52. The topological polar surface area (TPSA) is 181 Å². The van der Waals surface area contributed by atoms with E-state index in [0.717, 1.165) is 6.07 Å². The van der Waals surface area contributed by atoms with Gasteiger partial charge in [0.2, 0.25) is 11.6 Å². The molecule has 5 N–H and O–H groups in total. The van der Waals surface area contributed by atoms with Gasteiger partial charge >= 0.3 is 0 Å². The number of hydrazone groups is 1. The lowest BCUT2D eigenvalue weighted by Crippen LogP contribution is -2.23. The first-order chi connectivity index (χ1) is 13.4. The van der Waals surface area contributed by atoms with Gasteiger partial charge in [-0.25, -0.2) is 10.1 Å². The summed E-state index contributed by atoms with van der Waals surface area (Å²) < 4.78 is 5.83. The van der Waals surface area contributed by atoms with E-state index in [2.05, 4.69) is 35.8 Å². The van der Waals surface area contributed by atoms with Crippen LogP contribution in [0, 0.1) is 0 Å². The molecule has 3 aromatic rings. The first kappa shape index (κ1) is 18.8. The average Bonchev–Trinajstić information content (AvgIpc) is 3.22. The molecule has 146 valence electrons. The number of phenols is 2. The van der Waals surface area contributed by atoms with E-state index in [-0.39, 0.29) is 28.8 Å². The molecule has 0 saturated carbocycles. The number of anilines is 1. The number of nitrogen functional groups attached to an aromatic ring is 1. The van der Waals surface area contributed by atoms with Crippen LogP contribution in [0.15, 0.2) is 27.9 Å². The van der Waals surface area contributed by atoms with Gasteiger partial charge < -0.3 is 20.8 Å². The van der Waals surface area contributed by atoms with Crippen molar-refractivity contribution in [2.75, 3.05) is 19.8 Å². The fourth-order valence-electron chi connectivity index (χ4n) is 2.28. The highest BCUT2D eigenvalue weighted by atomic mass is 16.6. The van der Waals surface area contributed by atoms with Crippen molar-refractivity contribution in [1.29, 1.82) is 0 Å². The summed E-state index contributed by atoms with van der Waals surface area (Å²) in [5.41, 5.74) is 8.70. The molecular formula is C15H17N9O4. The average molecular weight is 387 g/mol. The summed E-state index contributed by atoms with van der Waals surface area (Å²) in [6.07, 6.45) is 1.22. The molecule has 2 aromatic heterocycles. The minimum absolute atomic E-state index is 0.00214. The van der Waals surface area contributed by atoms with E-state index in [1.165, 1.54) is 23.0 Å². The number of rotatable bonds is 6. The second-order valence-corrected chi connectivity index (χ2v) is 5.95. The molecule has 0 aliphatic carbocycles. The first-order valence-electron chi connectivity index (χ1n) is 7.90. The van der Waals surface area contributed by atoms with Crippen LogP contribution in [-0.2, 0) is 6.54 Å². The van der Waals surface area contributed by atoms with Crippen molar-refractivity contribution in [2.24, 2.45) is 5.10 Å². The van der Waals surface area contributed by atoms with Crippen LogP contribution in [0.25, 0.3) is 5.82 Å². The maximum atomic E-state index is 12.5. The SMILES string of the molecule is CN(C)Cc1c(C(=O)N/N=C/c2ccc(O)cc2O)nnn1-c1nonc1N. The standard InChI is InChI=1S/C15H17N9O4/c1-23(2)7-10-12(18-22-24(10)14-13(16)20-28-21-14)15(27)19-17-6-8-3-4-9(25)5-11(8)26/h3-6,25-26H,7H2,1-2H3,(H2,16,20)(H,19,27)/b17-6+. The summed E-state index contributed by atoms with van der Waals surface area (Å²) in [6.45, 7) is 0.296. The minimum atomic E-state index is -0.632. The summed E-state index contributed by atoms with van der Waals surface area (Å²) in [6, 6.07) is 3.97. The minimum Gasteiger partial charge on any atom is -0.508 e. The number of nitrogens with two attached hydrogens (primary N) is 1. The lowest BCUT2D eigenvalue weighted by atomic mass is 10.2. The first-order valence-corrected chi connectivity index (χ1v) is 7.90. The number of hydrogen-bond acceptors (Lipinski definition) is 11. The Balaban J connectivity index is 1.84. The van der Waals surface area contributed by atoms with Gasteiger partial charge in [-0.05, 0) is 36.5 Å². The molecule has 0 unspecified atom stereocenters. The Hall–Kier alpha value is -4.00. The lowest BCUT2D eigenvalue weighted by Gasteiger charge is -2.11. The molecule has 0 saturated heterocycles. The third kappa shape index (κ3) is 3.88. The molecule has 2 heterocycles. The van der Waals surface area contributed by atoms with Crippen LogP contribution in [0.1, 0.15) is 21.7 Å². The van der Waals surface area contributed by atoms with Crippen molar-refractivity contribution in [3.05, 3.63) is 35.2 Å². The lowest BCUT2D eigenvalue weighted by molar-refractivity contribution is 0.0948. The smallest absolute Gasteiger partial charge is 0.293 e. The Labute approximate surface area is 158 Å². The van der Waals surface area contributed by atoms with Crippen LogP contribution in [0.5, 0.6) is 11.5 Å². The van der Waals surface area contributed by atoms with E-state index < -0.39 is 5.91 Å². The zero-order chi connectivity index (χ0) is 20.3. The molecule has 0 atom stereocenters. The molecule has 1 amide bonds. The van der Waals surface area contributed by atoms with Crippen LogP contribution in [-0.4, -0.2) is 66.6 Å². The maximum Gasteiger partial charge on any atom is 0.293 e. The zero-order valence-electron chi connectivity index (χ0n) is 14.9. The molecule has 0 aliphatic heterocycles. The summed E-state index contributed by atoms with van der Waals surface area (Å²) in [5, 5.41) is 37.7. The van der Waals surface area contributed by atoms with Gasteiger partial charge in [-0.15, -0.1) is 5.10 Å². The van der Waals surface area contributed by atoms with Gasteiger partial charge in [0, 0.05) is 18.2 Å². The number of nitrogens with zero attached hydrogens (tertiary/aromatic N) is 7. The monoisotopic (exact) mass is 387 g/mol. The van der Waals surface area contributed by atoms with E-state index in [1.807, 2.05) is 0 Å². The number of aromatic hydroxyl groups is 2. The Morgan fingerprint density at radius 1 is 1.39 bits per heavy atom. The normalized spacial score (nSPS) is 11.4. The number of nitrogens with one attached hydrogen (secondary N) is 1. The van der Waals surface area contributed by atoms with Crippen LogP contribution in [0.3, 0.4) is 0 Å². The van der Waals surface area contributed by atoms with Gasteiger partial charge in [0.05, 0.1) is 11.9 Å². The van der Waals surface area contributed by atoms with E-state index in [0.29, 0.717) is 17.8 Å². The molecule has 13 nitrogen and oxygen atoms in total. The Kier molecular flexibility index (Phi) is 5.17. The molecule has 0 bridgehead atoms. The van der Waals surface area contributed by atoms with Gasteiger partial charge in [0.15, 0.2) is 5.69 Å². The van der Waals surface area contributed by atoms with Gasteiger partial charge in [0.25, 0.3) is 5.91 Å². The van der Waals surface area contributed by atoms with E-state index in [4.69, 9.17) is 5.73 Å². The zero-order valence-corrected chi connectivity index (χ0v) is 14.9. The fraction of sp³-hybridized carbons (Fsp3) is 0.200. The molecule has 0 spiro atoms. The Bertz CT molecular complexity index is 1020. The molecule has 28 heavy (non-hydrogen) atoms. The van der Waals surface area contributed by atoms with Crippen LogP contribution < -0.4 is 11.2 Å². The highest BCUT2D eigenvalue weighted by Crippen LogP contribution is 2.21. The van der Waals surface area contributed by atoms with Crippen LogP contribution >= 0.6 is 0 Å². The molecule has 13 heteroatoms. The predicted octanol–water partition coefficient (Wildman–Crippen LogP) is -0.531. The third-order valence-electron chi connectivity index (χ3n) is 3.52. The highest BCUT2D eigenvalue weighted by molar-refractivity contribution is 5.94. The number of carbonyl (C=O) groups excluding carboxylic acids is 1. The highest BCUT2D eigenvalue weighted by Gasteiger charge is 2.24. The van der Waals surface area contributed by atoms with E-state index in [1.54, 1.807) is 19.0 Å². The maximum absolute atomic E-state index is 12.5. The van der Waals surface area contributed by atoms with Crippen molar-refractivity contribution in [2.45, 2.75) is 6.54 Å². The predicted molar refractivity (Wildman–Crippen MR) is 95.9 cm³/mol. The van der Waals surface area contributed by atoms with Gasteiger partial charge in [-0.1, -0.05) is 5.21 Å². The molecule has 1 aromatic carbocycles. The number of carbonyl (C=O) groups is 1. The van der Waals surface area contributed by atoms with Gasteiger partial charge in [-0.2, -0.15) is 9.78 Å². The van der Waals surface area contributed by atoms with Crippen molar-refractivity contribution < 1.29 is 19.6 Å². The fourth-order valence-corrected chi connectivity index (χ4v) is 2.28. The van der Waals surface area contributed by atoms with Crippen molar-refractivity contribution in [3.63, 3.8) is 0 Å². The molecule has 0 radical (unpaired) electrons. The Morgan fingerprint density at radius 3 is 2.82 bits per heavy atom. The van der Waals surface area contributed by atoms with Crippen LogP contribution in [0.4, 0.5) is 5.82 Å². The molecule has 0 aliphatic rings. The molecule has 0 fully saturated rings. The quantitative estimate of drug-likeness (QED) is 0.317. The van der Waals surface area contributed by atoms with Crippen LogP contribution in [0.2, 0.25) is 0 Å². The van der Waals surface area contributed by atoms with Gasteiger partial charge in [-0.3, -0.25) is 4.79 Å². The number of phenolic OH excluding ortho intramolecular Hbond substituents is 2. The molecular weight excluding hydrogens is 370 g/mol. The number of amides is 1. The summed E-state index contributed by atoms with van der Waals surface area (Å²) >= 11 is 0. The largest absolute Gasteiger partial charge is 0.508 e. The second-order valence-electron chi connectivity index (χ2n) is 5.95. The van der Waals surface area contributed by atoms with Crippen molar-refractivity contribution in [3.8, 4) is 17.3 Å². The summed E-state index contributed by atoms with van der Waals surface area (Å²) in [4.78, 5) is 14.3. The van der Waals surface area contributed by atoms with E-state index in [9.17, 15) is 15.0 Å². The second kappa shape index (κ2) is 7.71. The van der Waals surface area contributed by atoms with Gasteiger partial charge in [0.1, 0.15) is 11.5 Å². The number of hydrogen-bond donors (Lipinski definition) is 4. The number of benzene rings is 1. The molecule has 3 rings (SSSR count).